The van der Waals surface area contributed by atoms with E-state index in [0.717, 1.165) is 57.5 Å². The molecule has 0 saturated heterocycles. The van der Waals surface area contributed by atoms with Gasteiger partial charge in [0.15, 0.2) is 16.6 Å². The van der Waals surface area contributed by atoms with E-state index in [1.165, 1.54) is 0 Å². The molecule has 0 atom stereocenters. The van der Waals surface area contributed by atoms with Crippen molar-refractivity contribution in [1.29, 1.82) is 0 Å². The molecule has 1 N–H and O–H groups in total. The van der Waals surface area contributed by atoms with Crippen molar-refractivity contribution in [2.45, 2.75) is 18.0 Å². The molecule has 4 aromatic rings. The fourth-order valence-electron chi connectivity index (χ4n) is 2.58. The van der Waals surface area contributed by atoms with Crippen LogP contribution in [0.15, 0.2) is 52.0 Å². The maximum atomic E-state index is 5.74. The van der Waals surface area contributed by atoms with Crippen LogP contribution < -0.4 is 4.74 Å². The minimum atomic E-state index is 0.797. The van der Waals surface area contributed by atoms with Gasteiger partial charge in [-0.15, -0.1) is 0 Å². The second-order valence-corrected chi connectivity index (χ2v) is 6.54. The van der Waals surface area contributed by atoms with Crippen molar-refractivity contribution in [3.63, 3.8) is 0 Å². The number of thioether (sulfide) groups is 1. The Morgan fingerprint density at radius 2 is 2.04 bits per heavy atom. The van der Waals surface area contributed by atoms with E-state index in [1.807, 2.05) is 42.5 Å². The molecular weight excluding hydrogens is 322 g/mol. The van der Waals surface area contributed by atoms with E-state index in [4.69, 9.17) is 9.15 Å². The second kappa shape index (κ2) is 6.57. The highest BCUT2D eigenvalue weighted by Crippen LogP contribution is 2.24. The number of para-hydroxylation sites is 2. The molecule has 2 aromatic heterocycles. The van der Waals surface area contributed by atoms with Crippen molar-refractivity contribution in [3.05, 3.63) is 48.4 Å². The molecule has 0 amide bonds. The van der Waals surface area contributed by atoms with E-state index in [2.05, 4.69) is 15.0 Å². The molecule has 2 aromatic carbocycles. The number of imidazole rings is 1. The zero-order valence-corrected chi connectivity index (χ0v) is 14.1. The van der Waals surface area contributed by atoms with Gasteiger partial charge in [0.1, 0.15) is 11.3 Å². The van der Waals surface area contributed by atoms with Gasteiger partial charge in [0, 0.05) is 18.2 Å². The molecule has 0 aliphatic carbocycles. The SMILES string of the molecule is COc1ccc2nc(SCCCc3nc4ccccc4o3)[nH]c2c1. The Morgan fingerprint density at radius 1 is 1.12 bits per heavy atom. The van der Waals surface area contributed by atoms with Crippen LogP contribution in [0.3, 0.4) is 0 Å². The lowest BCUT2D eigenvalue weighted by Gasteiger charge is -1.97. The minimum Gasteiger partial charge on any atom is -0.497 e. The van der Waals surface area contributed by atoms with E-state index in [-0.39, 0.29) is 0 Å². The van der Waals surface area contributed by atoms with Crippen molar-refractivity contribution in [1.82, 2.24) is 15.0 Å². The van der Waals surface area contributed by atoms with Gasteiger partial charge in [-0.3, -0.25) is 0 Å². The number of benzene rings is 2. The molecule has 122 valence electrons. The third-order valence-electron chi connectivity index (χ3n) is 3.78. The van der Waals surface area contributed by atoms with Crippen LogP contribution in [0.1, 0.15) is 12.3 Å². The number of oxazole rings is 1. The normalized spacial score (nSPS) is 11.4. The summed E-state index contributed by atoms with van der Waals surface area (Å²) in [5.41, 5.74) is 3.73. The van der Waals surface area contributed by atoms with Gasteiger partial charge >= 0.3 is 0 Å². The maximum absolute atomic E-state index is 5.74. The highest BCUT2D eigenvalue weighted by atomic mass is 32.2. The minimum absolute atomic E-state index is 0.797. The zero-order chi connectivity index (χ0) is 16.4. The van der Waals surface area contributed by atoms with Crippen LogP contribution >= 0.6 is 11.8 Å². The van der Waals surface area contributed by atoms with Crippen LogP contribution in [0.5, 0.6) is 5.75 Å². The van der Waals surface area contributed by atoms with Crippen molar-refractivity contribution < 1.29 is 9.15 Å². The van der Waals surface area contributed by atoms with E-state index in [0.29, 0.717) is 0 Å². The van der Waals surface area contributed by atoms with Gasteiger partial charge in [0.05, 0.1) is 18.1 Å². The molecule has 24 heavy (non-hydrogen) atoms. The number of aryl methyl sites for hydroxylation is 1. The third-order valence-corrected chi connectivity index (χ3v) is 4.74. The molecule has 0 aliphatic rings. The Hall–Kier alpha value is -2.47. The molecule has 0 bridgehead atoms. The van der Waals surface area contributed by atoms with Crippen molar-refractivity contribution in [2.75, 3.05) is 12.9 Å². The van der Waals surface area contributed by atoms with E-state index < -0.39 is 0 Å². The molecule has 0 radical (unpaired) electrons. The first-order valence-electron chi connectivity index (χ1n) is 7.83. The Kier molecular flexibility index (Phi) is 4.13. The summed E-state index contributed by atoms with van der Waals surface area (Å²) in [5.74, 6) is 2.58. The molecule has 5 nitrogen and oxygen atoms in total. The summed E-state index contributed by atoms with van der Waals surface area (Å²) >= 11 is 1.71. The summed E-state index contributed by atoms with van der Waals surface area (Å²) in [7, 11) is 1.67. The number of H-pyrrole nitrogens is 1. The quantitative estimate of drug-likeness (QED) is 0.416. The van der Waals surface area contributed by atoms with Gasteiger partial charge in [-0.05, 0) is 30.7 Å². The van der Waals surface area contributed by atoms with Crippen molar-refractivity contribution in [2.24, 2.45) is 0 Å². The lowest BCUT2D eigenvalue weighted by molar-refractivity contribution is 0.415. The van der Waals surface area contributed by atoms with E-state index >= 15 is 0 Å². The Morgan fingerprint density at radius 3 is 2.92 bits per heavy atom. The van der Waals surface area contributed by atoms with Crippen LogP contribution in [-0.2, 0) is 6.42 Å². The topological polar surface area (TPSA) is 63.9 Å². The highest BCUT2D eigenvalue weighted by Gasteiger charge is 2.07. The predicted molar refractivity (Wildman–Crippen MR) is 95.7 cm³/mol. The van der Waals surface area contributed by atoms with Gasteiger partial charge in [0.2, 0.25) is 0 Å². The number of fused-ring (bicyclic) bond motifs is 2. The Labute approximate surface area is 143 Å². The number of aromatic nitrogens is 3. The first-order chi connectivity index (χ1) is 11.8. The number of hydrogen-bond acceptors (Lipinski definition) is 5. The van der Waals surface area contributed by atoms with Crippen LogP contribution in [-0.4, -0.2) is 27.8 Å². The number of nitrogens with one attached hydrogen (secondary N) is 1. The molecule has 0 saturated carbocycles. The van der Waals surface area contributed by atoms with Gasteiger partial charge in [-0.1, -0.05) is 23.9 Å². The number of aromatic amines is 1. The highest BCUT2D eigenvalue weighted by molar-refractivity contribution is 7.99. The van der Waals surface area contributed by atoms with Gasteiger partial charge in [-0.2, -0.15) is 0 Å². The van der Waals surface area contributed by atoms with Crippen molar-refractivity contribution >= 4 is 33.9 Å². The average Bonchev–Trinajstić information content (AvgIpc) is 3.20. The van der Waals surface area contributed by atoms with E-state index in [9.17, 15) is 0 Å². The summed E-state index contributed by atoms with van der Waals surface area (Å²) in [6.45, 7) is 0. The molecule has 2 heterocycles. The van der Waals surface area contributed by atoms with Crippen LogP contribution in [0, 0.1) is 0 Å². The first-order valence-corrected chi connectivity index (χ1v) is 8.81. The van der Waals surface area contributed by atoms with Gasteiger partial charge < -0.3 is 14.1 Å². The summed E-state index contributed by atoms with van der Waals surface area (Å²) in [4.78, 5) is 12.4. The molecular formula is C18H17N3O2S. The Balaban J connectivity index is 1.35. The molecule has 0 unspecified atom stereocenters. The fourth-order valence-corrected chi connectivity index (χ4v) is 3.41. The summed E-state index contributed by atoms with van der Waals surface area (Å²) in [6.07, 6.45) is 1.81. The summed E-state index contributed by atoms with van der Waals surface area (Å²) in [6, 6.07) is 13.7. The maximum Gasteiger partial charge on any atom is 0.195 e. The number of ether oxygens (including phenoxy) is 1. The molecule has 0 aliphatic heterocycles. The summed E-state index contributed by atoms with van der Waals surface area (Å²) < 4.78 is 11.0. The zero-order valence-electron chi connectivity index (χ0n) is 13.3. The summed E-state index contributed by atoms with van der Waals surface area (Å²) in [5, 5.41) is 0.927. The number of rotatable bonds is 6. The largest absolute Gasteiger partial charge is 0.497 e. The second-order valence-electron chi connectivity index (χ2n) is 5.45. The predicted octanol–water partition coefficient (Wildman–Crippen LogP) is 4.44. The fraction of sp³-hybridized carbons (Fsp3) is 0.222. The number of nitrogens with zero attached hydrogens (tertiary/aromatic N) is 2. The monoisotopic (exact) mass is 339 g/mol. The van der Waals surface area contributed by atoms with Crippen molar-refractivity contribution in [3.8, 4) is 5.75 Å². The van der Waals surface area contributed by atoms with Crippen LogP contribution in [0.2, 0.25) is 0 Å². The average molecular weight is 339 g/mol. The molecule has 4 rings (SSSR count). The molecule has 0 fully saturated rings. The standard InChI is InChI=1S/C18H17N3O2S/c1-22-12-8-9-13-15(11-12)21-18(20-13)24-10-4-7-17-19-14-5-2-3-6-16(14)23-17/h2-3,5-6,8-9,11H,4,7,10H2,1H3,(H,20,21). The smallest absolute Gasteiger partial charge is 0.195 e. The lowest BCUT2D eigenvalue weighted by Crippen LogP contribution is -1.88. The van der Waals surface area contributed by atoms with Crippen LogP contribution in [0.25, 0.3) is 22.1 Å². The lowest BCUT2D eigenvalue weighted by atomic mass is 10.3. The molecule has 6 heteroatoms. The van der Waals surface area contributed by atoms with E-state index in [1.54, 1.807) is 18.9 Å². The first kappa shape index (κ1) is 15.1. The third kappa shape index (κ3) is 3.10. The molecule has 0 spiro atoms. The number of hydrogen-bond donors (Lipinski definition) is 1. The Bertz CT molecular complexity index is 944. The van der Waals surface area contributed by atoms with Gasteiger partial charge in [-0.25, -0.2) is 9.97 Å². The van der Waals surface area contributed by atoms with Gasteiger partial charge in [0.25, 0.3) is 0 Å². The number of methoxy groups -OCH3 is 1. The van der Waals surface area contributed by atoms with Crippen LogP contribution in [0.4, 0.5) is 0 Å².